The predicted octanol–water partition coefficient (Wildman–Crippen LogP) is 2.83. The molecule has 3 aromatic heterocycles. The minimum absolute atomic E-state index is 0.414. The summed E-state index contributed by atoms with van der Waals surface area (Å²) in [6.45, 7) is 6.08. The molecule has 10 heteroatoms. The number of alkyl halides is 3. The Labute approximate surface area is 165 Å². The van der Waals surface area contributed by atoms with Crippen LogP contribution < -0.4 is 9.80 Å². The summed E-state index contributed by atoms with van der Waals surface area (Å²) in [7, 11) is 0. The maximum Gasteiger partial charge on any atom is 0.417 e. The zero-order valence-electron chi connectivity index (χ0n) is 15.8. The number of pyridine rings is 1. The van der Waals surface area contributed by atoms with Crippen LogP contribution in [0, 0.1) is 11.8 Å². The molecule has 0 radical (unpaired) electrons. The predicted molar refractivity (Wildman–Crippen MR) is 102 cm³/mol. The molecule has 0 aliphatic carbocycles. The van der Waals surface area contributed by atoms with E-state index in [2.05, 4.69) is 29.7 Å². The zero-order chi connectivity index (χ0) is 20.2. The quantitative estimate of drug-likeness (QED) is 0.670. The number of hydrogen-bond acceptors (Lipinski definition) is 6. The highest BCUT2D eigenvalue weighted by Crippen LogP contribution is 2.37. The summed E-state index contributed by atoms with van der Waals surface area (Å²) in [6.07, 6.45) is -0.0750. The lowest BCUT2D eigenvalue weighted by Gasteiger charge is -2.23. The molecular weight excluding hydrogens is 383 g/mol. The van der Waals surface area contributed by atoms with Crippen molar-refractivity contribution in [3.8, 4) is 0 Å². The van der Waals surface area contributed by atoms with Crippen LogP contribution in [0.4, 0.5) is 24.8 Å². The Balaban J connectivity index is 1.31. The van der Waals surface area contributed by atoms with E-state index in [0.717, 1.165) is 62.0 Å². The van der Waals surface area contributed by atoms with Gasteiger partial charge in [0.15, 0.2) is 17.0 Å². The Morgan fingerprint density at radius 3 is 2.31 bits per heavy atom. The lowest BCUT2D eigenvalue weighted by atomic mass is 10.0. The van der Waals surface area contributed by atoms with E-state index in [-0.39, 0.29) is 0 Å². The second kappa shape index (κ2) is 6.57. The van der Waals surface area contributed by atoms with Gasteiger partial charge in [-0.2, -0.15) is 13.2 Å². The van der Waals surface area contributed by atoms with Gasteiger partial charge in [-0.05, 0) is 19.1 Å². The zero-order valence-corrected chi connectivity index (χ0v) is 15.8. The second-order valence-corrected chi connectivity index (χ2v) is 7.63. The molecule has 2 aliphatic rings. The molecule has 0 saturated carbocycles. The van der Waals surface area contributed by atoms with Crippen molar-refractivity contribution in [3.05, 3.63) is 36.5 Å². The van der Waals surface area contributed by atoms with Crippen LogP contribution in [0.15, 0.2) is 31.0 Å². The van der Waals surface area contributed by atoms with Gasteiger partial charge in [-0.1, -0.05) is 0 Å². The van der Waals surface area contributed by atoms with Gasteiger partial charge in [0.25, 0.3) is 0 Å². The standard InChI is InChI=1S/C19H20F3N7/c1-2-27-11-26-16-17(27)24-10-25-18(16)29-8-12-6-28(7-13(12)9-29)15-4-3-14(5-23-15)19(20,21)22/h3-5,10-13H,2,6-9H2,1H3. The minimum atomic E-state index is -4.36. The molecule has 0 spiro atoms. The average Bonchev–Trinajstić information content (AvgIpc) is 3.39. The van der Waals surface area contributed by atoms with Crippen molar-refractivity contribution in [2.75, 3.05) is 36.0 Å². The van der Waals surface area contributed by atoms with Crippen LogP contribution >= 0.6 is 0 Å². The lowest BCUT2D eigenvalue weighted by Crippen LogP contribution is -2.29. The Hall–Kier alpha value is -2.91. The Morgan fingerprint density at radius 2 is 1.69 bits per heavy atom. The molecule has 2 fully saturated rings. The van der Waals surface area contributed by atoms with Crippen LogP contribution in [-0.2, 0) is 12.7 Å². The Morgan fingerprint density at radius 1 is 0.966 bits per heavy atom. The third kappa shape index (κ3) is 3.06. The number of anilines is 2. The number of nitrogens with zero attached hydrogens (tertiary/aromatic N) is 7. The van der Waals surface area contributed by atoms with Gasteiger partial charge in [0.05, 0.1) is 11.9 Å². The van der Waals surface area contributed by atoms with Gasteiger partial charge in [0.2, 0.25) is 0 Å². The van der Waals surface area contributed by atoms with Gasteiger partial charge in [0.1, 0.15) is 12.1 Å². The van der Waals surface area contributed by atoms with Crippen molar-refractivity contribution >= 4 is 22.8 Å². The first-order valence-corrected chi connectivity index (χ1v) is 9.63. The van der Waals surface area contributed by atoms with Crippen LogP contribution in [0.2, 0.25) is 0 Å². The molecule has 2 aliphatic heterocycles. The summed E-state index contributed by atoms with van der Waals surface area (Å²) in [4.78, 5) is 21.7. The monoisotopic (exact) mass is 403 g/mol. The third-order valence-corrected chi connectivity index (χ3v) is 5.91. The number of hydrogen-bond donors (Lipinski definition) is 0. The summed E-state index contributed by atoms with van der Waals surface area (Å²) in [6, 6.07) is 2.57. The molecule has 0 amide bonds. The maximum atomic E-state index is 12.7. The van der Waals surface area contributed by atoms with Crippen LogP contribution in [0.1, 0.15) is 12.5 Å². The van der Waals surface area contributed by atoms with E-state index in [1.807, 2.05) is 11.5 Å². The SMILES string of the molecule is CCn1cnc2c(N3CC4CN(c5ccc(C(F)(F)F)cn5)CC4C3)ncnc21. The van der Waals surface area contributed by atoms with E-state index in [1.165, 1.54) is 6.07 Å². The number of halogens is 3. The fraction of sp³-hybridized carbons (Fsp3) is 0.474. The molecule has 2 unspecified atom stereocenters. The molecule has 0 aromatic carbocycles. The van der Waals surface area contributed by atoms with Crippen molar-refractivity contribution < 1.29 is 13.2 Å². The van der Waals surface area contributed by atoms with Crippen LogP contribution in [0.3, 0.4) is 0 Å². The number of aryl methyl sites for hydroxylation is 1. The number of fused-ring (bicyclic) bond motifs is 2. The summed E-state index contributed by atoms with van der Waals surface area (Å²) in [5.41, 5.74) is 0.937. The average molecular weight is 403 g/mol. The molecule has 5 heterocycles. The highest BCUT2D eigenvalue weighted by molar-refractivity contribution is 5.83. The van der Waals surface area contributed by atoms with Gasteiger partial charge in [-0.25, -0.2) is 19.9 Å². The fourth-order valence-electron chi connectivity index (χ4n) is 4.43. The topological polar surface area (TPSA) is 63.0 Å². The first kappa shape index (κ1) is 18.1. The molecule has 5 rings (SSSR count). The van der Waals surface area contributed by atoms with Crippen molar-refractivity contribution in [1.82, 2.24) is 24.5 Å². The highest BCUT2D eigenvalue weighted by atomic mass is 19.4. The second-order valence-electron chi connectivity index (χ2n) is 7.63. The van der Waals surface area contributed by atoms with Gasteiger partial charge < -0.3 is 14.4 Å². The van der Waals surface area contributed by atoms with Crippen LogP contribution in [0.25, 0.3) is 11.2 Å². The molecule has 2 atom stereocenters. The molecule has 3 aromatic rings. The van der Waals surface area contributed by atoms with Crippen LogP contribution in [-0.4, -0.2) is 50.7 Å². The first-order valence-electron chi connectivity index (χ1n) is 9.63. The van der Waals surface area contributed by atoms with E-state index in [9.17, 15) is 13.2 Å². The van der Waals surface area contributed by atoms with E-state index in [1.54, 1.807) is 12.7 Å². The molecule has 7 nitrogen and oxygen atoms in total. The fourth-order valence-corrected chi connectivity index (χ4v) is 4.43. The van der Waals surface area contributed by atoms with Gasteiger partial charge in [-0.15, -0.1) is 0 Å². The number of aromatic nitrogens is 5. The van der Waals surface area contributed by atoms with E-state index >= 15 is 0 Å². The minimum Gasteiger partial charge on any atom is -0.356 e. The smallest absolute Gasteiger partial charge is 0.356 e. The summed E-state index contributed by atoms with van der Waals surface area (Å²) in [5, 5.41) is 0. The molecule has 0 bridgehead atoms. The largest absolute Gasteiger partial charge is 0.417 e. The molecule has 2 saturated heterocycles. The van der Waals surface area contributed by atoms with Crippen LogP contribution in [0.5, 0.6) is 0 Å². The van der Waals surface area contributed by atoms with Gasteiger partial charge in [0, 0.05) is 50.8 Å². The normalized spacial score (nSPS) is 21.9. The van der Waals surface area contributed by atoms with E-state index in [0.29, 0.717) is 17.7 Å². The molecular formula is C19H20F3N7. The molecule has 152 valence electrons. The maximum absolute atomic E-state index is 12.7. The third-order valence-electron chi connectivity index (χ3n) is 5.91. The van der Waals surface area contributed by atoms with E-state index in [4.69, 9.17) is 0 Å². The highest BCUT2D eigenvalue weighted by Gasteiger charge is 2.41. The summed E-state index contributed by atoms with van der Waals surface area (Å²) >= 11 is 0. The van der Waals surface area contributed by atoms with Crippen molar-refractivity contribution in [1.29, 1.82) is 0 Å². The van der Waals surface area contributed by atoms with Gasteiger partial charge >= 0.3 is 6.18 Å². The lowest BCUT2D eigenvalue weighted by molar-refractivity contribution is -0.137. The molecule has 29 heavy (non-hydrogen) atoms. The van der Waals surface area contributed by atoms with Crippen molar-refractivity contribution in [3.63, 3.8) is 0 Å². The summed E-state index contributed by atoms with van der Waals surface area (Å²) < 4.78 is 40.2. The van der Waals surface area contributed by atoms with E-state index < -0.39 is 11.7 Å². The van der Waals surface area contributed by atoms with Gasteiger partial charge in [-0.3, -0.25) is 0 Å². The Bertz CT molecular complexity index is 1020. The molecule has 0 N–H and O–H groups in total. The van der Waals surface area contributed by atoms with Crippen molar-refractivity contribution in [2.24, 2.45) is 11.8 Å². The Kier molecular flexibility index (Phi) is 4.11. The number of rotatable bonds is 3. The first-order chi connectivity index (χ1) is 13.9. The van der Waals surface area contributed by atoms with Crippen molar-refractivity contribution in [2.45, 2.75) is 19.6 Å². The number of imidazole rings is 1. The summed E-state index contributed by atoms with van der Waals surface area (Å²) in [5.74, 6) is 2.29.